The fourth-order valence-electron chi connectivity index (χ4n) is 3.40. The molecule has 3 aromatic rings. The molecule has 1 aromatic heterocycles. The number of nitrogens with zero attached hydrogens (tertiary/aromatic N) is 2. The highest BCUT2D eigenvalue weighted by atomic mass is 35.5. The predicted octanol–water partition coefficient (Wildman–Crippen LogP) is 5.74. The van der Waals surface area contributed by atoms with Crippen molar-refractivity contribution in [1.29, 1.82) is 0 Å². The van der Waals surface area contributed by atoms with Crippen LogP contribution in [0.2, 0.25) is 10.0 Å². The SMILES string of the molecule is O=C(O)C(F)(F)F.S=C(Nc1cccc(Cl)c1)NC1CCN(c2ccnc3cc(Cl)ccc23)C1. The minimum Gasteiger partial charge on any atom is -0.475 e. The number of fused-ring (bicyclic) bond motifs is 1. The highest BCUT2D eigenvalue weighted by Crippen LogP contribution is 2.29. The summed E-state index contributed by atoms with van der Waals surface area (Å²) in [6, 6.07) is 15.7. The Balaban J connectivity index is 0.000000406. The predicted molar refractivity (Wildman–Crippen MR) is 132 cm³/mol. The van der Waals surface area contributed by atoms with Crippen LogP contribution in [0.3, 0.4) is 0 Å². The number of alkyl halides is 3. The Kier molecular flexibility index (Phi) is 8.40. The Hall–Kier alpha value is -2.82. The summed E-state index contributed by atoms with van der Waals surface area (Å²) >= 11 is 17.6. The summed E-state index contributed by atoms with van der Waals surface area (Å²) in [4.78, 5) is 15.7. The van der Waals surface area contributed by atoms with Gasteiger partial charge in [-0.1, -0.05) is 29.3 Å². The molecule has 1 aliphatic heterocycles. The van der Waals surface area contributed by atoms with Crippen LogP contribution >= 0.6 is 35.4 Å². The van der Waals surface area contributed by atoms with Gasteiger partial charge in [-0.05, 0) is 61.1 Å². The first-order valence-corrected chi connectivity index (χ1v) is 11.1. The monoisotopic (exact) mass is 530 g/mol. The van der Waals surface area contributed by atoms with Gasteiger partial charge in [0.15, 0.2) is 5.11 Å². The first-order valence-electron chi connectivity index (χ1n) is 9.95. The van der Waals surface area contributed by atoms with Gasteiger partial charge in [0, 0.05) is 52.1 Å². The van der Waals surface area contributed by atoms with Crippen molar-refractivity contribution in [3.8, 4) is 0 Å². The Morgan fingerprint density at radius 1 is 1.15 bits per heavy atom. The molecule has 4 rings (SSSR count). The van der Waals surface area contributed by atoms with Gasteiger partial charge in [0.05, 0.1) is 5.52 Å². The highest BCUT2D eigenvalue weighted by molar-refractivity contribution is 7.80. The van der Waals surface area contributed by atoms with E-state index in [0.717, 1.165) is 36.1 Å². The second kappa shape index (κ2) is 11.1. The van der Waals surface area contributed by atoms with Crippen molar-refractivity contribution in [3.05, 3.63) is 64.8 Å². The van der Waals surface area contributed by atoms with Crippen molar-refractivity contribution in [2.45, 2.75) is 18.6 Å². The summed E-state index contributed by atoms with van der Waals surface area (Å²) in [5.41, 5.74) is 2.97. The number of nitrogens with one attached hydrogen (secondary N) is 2. The molecular formula is C22H19Cl2F3N4O2S. The third-order valence-corrected chi connectivity index (χ3v) is 5.56. The molecule has 1 fully saturated rings. The van der Waals surface area contributed by atoms with Crippen molar-refractivity contribution in [1.82, 2.24) is 10.3 Å². The van der Waals surface area contributed by atoms with Gasteiger partial charge in [0.2, 0.25) is 0 Å². The summed E-state index contributed by atoms with van der Waals surface area (Å²) in [6.07, 6.45) is -2.24. The number of pyridine rings is 1. The number of anilines is 2. The first-order chi connectivity index (χ1) is 16.0. The molecule has 12 heteroatoms. The largest absolute Gasteiger partial charge is 0.490 e. The van der Waals surface area contributed by atoms with Crippen LogP contribution in [-0.4, -0.2) is 46.5 Å². The zero-order chi connectivity index (χ0) is 24.9. The molecular weight excluding hydrogens is 512 g/mol. The molecule has 1 aliphatic rings. The maximum absolute atomic E-state index is 10.6. The molecule has 0 aliphatic carbocycles. The van der Waals surface area contributed by atoms with Crippen molar-refractivity contribution < 1.29 is 23.1 Å². The maximum atomic E-state index is 10.6. The van der Waals surface area contributed by atoms with E-state index in [0.29, 0.717) is 15.2 Å². The van der Waals surface area contributed by atoms with Gasteiger partial charge < -0.3 is 20.6 Å². The number of carboxylic acids is 1. The number of carboxylic acid groups (broad SMARTS) is 1. The van der Waals surface area contributed by atoms with E-state index in [4.69, 9.17) is 45.3 Å². The van der Waals surface area contributed by atoms with Gasteiger partial charge in [-0.15, -0.1) is 0 Å². The van der Waals surface area contributed by atoms with Gasteiger partial charge in [-0.25, -0.2) is 4.79 Å². The van der Waals surface area contributed by atoms with E-state index in [1.54, 1.807) is 0 Å². The van der Waals surface area contributed by atoms with E-state index in [-0.39, 0.29) is 6.04 Å². The average Bonchev–Trinajstić information content (AvgIpc) is 3.21. The van der Waals surface area contributed by atoms with Crippen LogP contribution in [0.1, 0.15) is 6.42 Å². The standard InChI is InChI=1S/C20H18Cl2N4S.C2HF3O2/c21-13-2-1-3-15(10-13)24-20(27)25-16-7-9-26(12-16)19-6-8-23-18-11-14(22)4-5-17(18)19;3-2(4,5)1(6)7/h1-6,8,10-11,16H,7,9,12H2,(H2,24,25,27);(H,6,7). The number of aliphatic carboxylic acids is 1. The van der Waals surface area contributed by atoms with E-state index in [9.17, 15) is 13.2 Å². The Labute approximate surface area is 208 Å². The van der Waals surface area contributed by atoms with Crippen LogP contribution in [0, 0.1) is 0 Å². The van der Waals surface area contributed by atoms with Crippen LogP contribution in [-0.2, 0) is 4.79 Å². The van der Waals surface area contributed by atoms with Crippen molar-refractivity contribution in [2.75, 3.05) is 23.3 Å². The number of hydrogen-bond acceptors (Lipinski definition) is 4. The quantitative estimate of drug-likeness (QED) is 0.372. The Morgan fingerprint density at radius 2 is 1.85 bits per heavy atom. The first kappa shape index (κ1) is 25.8. The molecule has 0 amide bonds. The van der Waals surface area contributed by atoms with E-state index in [1.807, 2.05) is 48.7 Å². The molecule has 2 heterocycles. The van der Waals surface area contributed by atoms with Crippen LogP contribution in [0.5, 0.6) is 0 Å². The lowest BCUT2D eigenvalue weighted by molar-refractivity contribution is -0.192. The van der Waals surface area contributed by atoms with Crippen molar-refractivity contribution >= 4 is 68.8 Å². The molecule has 0 saturated carbocycles. The summed E-state index contributed by atoms with van der Waals surface area (Å²) in [7, 11) is 0. The Bertz CT molecular complexity index is 1200. The van der Waals surface area contributed by atoms with Gasteiger partial charge in [0.25, 0.3) is 0 Å². The highest BCUT2D eigenvalue weighted by Gasteiger charge is 2.38. The fraction of sp³-hybridized carbons (Fsp3) is 0.227. The molecule has 180 valence electrons. The van der Waals surface area contributed by atoms with Gasteiger partial charge in [-0.3, -0.25) is 4.98 Å². The number of halogens is 5. The summed E-state index contributed by atoms with van der Waals surface area (Å²) in [5, 5.41) is 16.8. The lowest BCUT2D eigenvalue weighted by Crippen LogP contribution is -2.39. The summed E-state index contributed by atoms with van der Waals surface area (Å²) in [6.45, 7) is 1.83. The average molecular weight is 531 g/mol. The van der Waals surface area contributed by atoms with Crippen LogP contribution in [0.4, 0.5) is 24.5 Å². The number of benzene rings is 2. The van der Waals surface area contributed by atoms with Crippen molar-refractivity contribution in [3.63, 3.8) is 0 Å². The summed E-state index contributed by atoms with van der Waals surface area (Å²) < 4.78 is 31.7. The van der Waals surface area contributed by atoms with Gasteiger partial charge in [-0.2, -0.15) is 13.2 Å². The maximum Gasteiger partial charge on any atom is 0.490 e. The third kappa shape index (κ3) is 7.09. The van der Waals surface area contributed by atoms with Crippen LogP contribution in [0.15, 0.2) is 54.7 Å². The second-order valence-corrected chi connectivity index (χ2v) is 8.62. The molecule has 0 spiro atoms. The molecule has 34 heavy (non-hydrogen) atoms. The fourth-order valence-corrected chi connectivity index (χ4v) is 4.04. The van der Waals surface area contributed by atoms with Crippen LogP contribution < -0.4 is 15.5 Å². The molecule has 1 atom stereocenters. The van der Waals surface area contributed by atoms with Gasteiger partial charge >= 0.3 is 12.1 Å². The summed E-state index contributed by atoms with van der Waals surface area (Å²) in [5.74, 6) is -2.76. The van der Waals surface area contributed by atoms with E-state index < -0.39 is 12.1 Å². The molecule has 3 N–H and O–H groups in total. The number of thiocarbonyl (C=S) groups is 1. The minimum absolute atomic E-state index is 0.277. The molecule has 1 saturated heterocycles. The minimum atomic E-state index is -5.08. The van der Waals surface area contributed by atoms with E-state index in [1.165, 1.54) is 5.69 Å². The zero-order valence-corrected chi connectivity index (χ0v) is 19.8. The molecule has 2 aromatic carbocycles. The van der Waals surface area contributed by atoms with Gasteiger partial charge in [0.1, 0.15) is 0 Å². The topological polar surface area (TPSA) is 77.5 Å². The second-order valence-electron chi connectivity index (χ2n) is 7.33. The molecule has 6 nitrogen and oxygen atoms in total. The lowest BCUT2D eigenvalue weighted by Gasteiger charge is -2.21. The smallest absolute Gasteiger partial charge is 0.475 e. The molecule has 1 unspecified atom stereocenters. The van der Waals surface area contributed by atoms with Crippen LogP contribution in [0.25, 0.3) is 10.9 Å². The van der Waals surface area contributed by atoms with Crippen molar-refractivity contribution in [2.24, 2.45) is 0 Å². The number of carbonyl (C=O) groups is 1. The molecule has 0 radical (unpaired) electrons. The lowest BCUT2D eigenvalue weighted by atomic mass is 10.2. The number of rotatable bonds is 3. The normalized spacial score (nSPS) is 15.4. The zero-order valence-electron chi connectivity index (χ0n) is 17.4. The number of aromatic nitrogens is 1. The number of hydrogen-bond donors (Lipinski definition) is 3. The Morgan fingerprint density at radius 3 is 2.53 bits per heavy atom. The molecule has 0 bridgehead atoms. The third-order valence-electron chi connectivity index (χ3n) is 4.87. The van der Waals surface area contributed by atoms with E-state index >= 15 is 0 Å². The van der Waals surface area contributed by atoms with E-state index in [2.05, 4.69) is 26.6 Å².